The number of hydrogen-bond acceptors (Lipinski definition) is 8. The number of fused-ring (bicyclic) bond motifs is 1. The summed E-state index contributed by atoms with van der Waals surface area (Å²) in [5, 5.41) is 2.94. The molecule has 268 valence electrons. The predicted molar refractivity (Wildman–Crippen MR) is 202 cm³/mol. The van der Waals surface area contributed by atoms with Crippen molar-refractivity contribution in [2.24, 2.45) is 0 Å². The highest BCUT2D eigenvalue weighted by Crippen LogP contribution is 2.32. The number of allylic oxidation sites excluding steroid dienone is 1. The van der Waals surface area contributed by atoms with Gasteiger partial charge in [-0.25, -0.2) is 9.78 Å². The number of aromatic amines is 1. The summed E-state index contributed by atoms with van der Waals surface area (Å²) in [4.78, 5) is 52.4. The van der Waals surface area contributed by atoms with Crippen LogP contribution in [0.15, 0.2) is 60.3 Å². The number of rotatable bonds is 13. The molecule has 2 heterocycles. The number of carbonyl (C=O) groups excluding carboxylic acids is 3. The molecular weight excluding hydrogens is 679 g/mol. The van der Waals surface area contributed by atoms with E-state index in [1.165, 1.54) is 12.0 Å². The normalized spacial score (nSPS) is 12.7. The Hall–Kier alpha value is -4.54. The van der Waals surface area contributed by atoms with Gasteiger partial charge in [0.2, 0.25) is 0 Å². The predicted octanol–water partition coefficient (Wildman–Crippen LogP) is 6.33. The Morgan fingerprint density at radius 2 is 1.78 bits per heavy atom. The number of piperazine rings is 1. The van der Waals surface area contributed by atoms with E-state index in [0.717, 1.165) is 68.0 Å². The van der Waals surface area contributed by atoms with Crippen LogP contribution in [0.1, 0.15) is 58.3 Å². The van der Waals surface area contributed by atoms with Crippen molar-refractivity contribution in [3.8, 4) is 11.5 Å². The Morgan fingerprint density at radius 1 is 1.02 bits per heavy atom. The van der Waals surface area contributed by atoms with Crippen LogP contribution >= 0.6 is 24.8 Å². The largest absolute Gasteiger partial charge is 0.496 e. The Bertz CT molecular complexity index is 1830. The van der Waals surface area contributed by atoms with Gasteiger partial charge in [-0.3, -0.25) is 9.59 Å². The van der Waals surface area contributed by atoms with Crippen LogP contribution in [-0.2, 0) is 11.2 Å². The first-order chi connectivity index (χ1) is 23.2. The van der Waals surface area contributed by atoms with Crippen LogP contribution in [0.3, 0.4) is 0 Å². The van der Waals surface area contributed by atoms with E-state index in [4.69, 9.17) is 9.47 Å². The average molecular weight is 726 g/mol. The first-order valence-corrected chi connectivity index (χ1v) is 16.4. The Morgan fingerprint density at radius 3 is 2.48 bits per heavy atom. The number of anilines is 2. The van der Waals surface area contributed by atoms with Gasteiger partial charge in [0.05, 0.1) is 41.9 Å². The quantitative estimate of drug-likeness (QED) is 0.121. The van der Waals surface area contributed by atoms with Gasteiger partial charge in [-0.1, -0.05) is 19.1 Å². The second kappa shape index (κ2) is 18.5. The number of nitrogens with zero attached hydrogens (tertiary/aromatic N) is 4. The molecule has 1 saturated heterocycles. The lowest BCUT2D eigenvalue weighted by atomic mass is 10.1. The maximum absolute atomic E-state index is 13.7. The third-order valence-electron chi connectivity index (χ3n) is 8.69. The highest BCUT2D eigenvalue weighted by Gasteiger charge is 2.22. The van der Waals surface area contributed by atoms with Crippen LogP contribution in [-0.4, -0.2) is 91.5 Å². The van der Waals surface area contributed by atoms with Crippen molar-refractivity contribution in [3.63, 3.8) is 0 Å². The number of likely N-dealkylation sites (N-methyl/N-ethyl adjacent to an activating group) is 1. The van der Waals surface area contributed by atoms with Crippen LogP contribution in [0.25, 0.3) is 11.0 Å². The lowest BCUT2D eigenvalue weighted by Crippen LogP contribution is -2.44. The lowest BCUT2D eigenvalue weighted by molar-refractivity contribution is 0.0987. The van der Waals surface area contributed by atoms with Crippen LogP contribution in [0, 0.1) is 6.92 Å². The summed E-state index contributed by atoms with van der Waals surface area (Å²) < 4.78 is 11.7. The summed E-state index contributed by atoms with van der Waals surface area (Å²) in [7, 11) is 5.25. The number of benzene rings is 3. The lowest BCUT2D eigenvalue weighted by Gasteiger charge is -2.34. The fourth-order valence-electron chi connectivity index (χ4n) is 5.80. The van der Waals surface area contributed by atoms with Crippen molar-refractivity contribution in [2.45, 2.75) is 39.5 Å². The fourth-order valence-corrected chi connectivity index (χ4v) is 5.80. The van der Waals surface area contributed by atoms with Crippen molar-refractivity contribution in [1.29, 1.82) is 0 Å². The van der Waals surface area contributed by atoms with Gasteiger partial charge in [-0.2, -0.15) is 0 Å². The van der Waals surface area contributed by atoms with Gasteiger partial charge in [-0.15, -0.1) is 24.8 Å². The SMILES string of the molecule is CCc1nc2c(NC(=O)c3ccc(C(=O)N(C)c4ccc(C)cc4OCCCCC(=C=O)N4CCN(C)CC4)cc3OC)cccc2[nH]1.Cl.Cl. The molecule has 0 bridgehead atoms. The molecule has 1 fully saturated rings. The van der Waals surface area contributed by atoms with E-state index in [-0.39, 0.29) is 42.4 Å². The van der Waals surface area contributed by atoms with Crippen molar-refractivity contribution >= 4 is 65.0 Å². The number of nitrogens with one attached hydrogen (secondary N) is 2. The van der Waals surface area contributed by atoms with E-state index in [2.05, 4.69) is 38.1 Å². The maximum atomic E-state index is 13.7. The van der Waals surface area contributed by atoms with E-state index >= 15 is 0 Å². The minimum absolute atomic E-state index is 0. The number of aryl methyl sites for hydroxylation is 2. The molecule has 0 spiro atoms. The molecule has 0 atom stereocenters. The molecule has 5 rings (SSSR count). The van der Waals surface area contributed by atoms with Crippen LogP contribution < -0.4 is 19.7 Å². The third kappa shape index (κ3) is 9.37. The zero-order valence-electron chi connectivity index (χ0n) is 29.2. The second-order valence-corrected chi connectivity index (χ2v) is 12.1. The van der Waals surface area contributed by atoms with E-state index < -0.39 is 0 Å². The number of amides is 2. The molecule has 1 aliphatic heterocycles. The van der Waals surface area contributed by atoms with Gasteiger partial charge in [0.1, 0.15) is 28.8 Å². The fraction of sp³-hybridized carbons (Fsp3) is 0.378. The van der Waals surface area contributed by atoms with E-state index in [0.29, 0.717) is 46.8 Å². The Kier molecular flexibility index (Phi) is 14.7. The maximum Gasteiger partial charge on any atom is 0.259 e. The van der Waals surface area contributed by atoms with Crippen molar-refractivity contribution in [2.75, 3.05) is 64.2 Å². The number of unbranched alkanes of at least 4 members (excludes halogenated alkanes) is 1. The van der Waals surface area contributed by atoms with Crippen LogP contribution in [0.2, 0.25) is 0 Å². The molecule has 50 heavy (non-hydrogen) atoms. The van der Waals surface area contributed by atoms with Crippen molar-refractivity contribution in [1.82, 2.24) is 19.8 Å². The molecule has 0 unspecified atom stereocenters. The van der Waals surface area contributed by atoms with Gasteiger partial charge < -0.3 is 34.5 Å². The molecule has 0 aliphatic carbocycles. The van der Waals surface area contributed by atoms with Crippen molar-refractivity contribution in [3.05, 3.63) is 82.8 Å². The number of imidazole rings is 1. The van der Waals surface area contributed by atoms with E-state index in [1.54, 1.807) is 31.3 Å². The van der Waals surface area contributed by atoms with Crippen LogP contribution in [0.4, 0.5) is 11.4 Å². The monoisotopic (exact) mass is 724 g/mol. The van der Waals surface area contributed by atoms with Crippen molar-refractivity contribution < 1.29 is 23.9 Å². The number of H-pyrrole nitrogens is 1. The zero-order chi connectivity index (χ0) is 34.2. The molecule has 13 heteroatoms. The summed E-state index contributed by atoms with van der Waals surface area (Å²) in [6.45, 7) is 7.98. The molecule has 4 aromatic rings. The summed E-state index contributed by atoms with van der Waals surface area (Å²) >= 11 is 0. The number of halogens is 2. The first-order valence-electron chi connectivity index (χ1n) is 16.4. The topological polar surface area (TPSA) is 120 Å². The molecule has 1 aromatic heterocycles. The smallest absolute Gasteiger partial charge is 0.259 e. The van der Waals surface area contributed by atoms with E-state index in [9.17, 15) is 14.4 Å². The molecule has 11 nitrogen and oxygen atoms in total. The molecular formula is C37H46Cl2N6O5. The second-order valence-electron chi connectivity index (χ2n) is 12.1. The summed E-state index contributed by atoms with van der Waals surface area (Å²) in [5.74, 6) is 3.19. The number of carbonyl (C=O) groups is 2. The number of hydrogen-bond donors (Lipinski definition) is 2. The van der Waals surface area contributed by atoms with Crippen LogP contribution in [0.5, 0.6) is 11.5 Å². The summed E-state index contributed by atoms with van der Waals surface area (Å²) in [5.41, 5.74) is 5.10. The minimum Gasteiger partial charge on any atom is -0.496 e. The zero-order valence-corrected chi connectivity index (χ0v) is 30.8. The third-order valence-corrected chi connectivity index (χ3v) is 8.69. The molecule has 0 saturated carbocycles. The minimum atomic E-state index is -0.374. The van der Waals surface area contributed by atoms with Gasteiger partial charge in [0.25, 0.3) is 11.8 Å². The number of methoxy groups -OCH3 is 1. The molecule has 3 aromatic carbocycles. The number of para-hydroxylation sites is 1. The molecule has 1 aliphatic rings. The summed E-state index contributed by atoms with van der Waals surface area (Å²) in [6.07, 6.45) is 2.95. The Labute approximate surface area is 305 Å². The van der Waals surface area contributed by atoms with Gasteiger partial charge >= 0.3 is 0 Å². The van der Waals surface area contributed by atoms with Gasteiger partial charge in [0.15, 0.2) is 0 Å². The highest BCUT2D eigenvalue weighted by molar-refractivity contribution is 6.11. The van der Waals surface area contributed by atoms with E-state index in [1.807, 2.05) is 44.2 Å². The first kappa shape index (κ1) is 39.9. The van der Waals surface area contributed by atoms with Gasteiger partial charge in [-0.05, 0) is 81.3 Å². The Balaban J connectivity index is 0.00000338. The van der Waals surface area contributed by atoms with Gasteiger partial charge in [0, 0.05) is 45.2 Å². The standard InChI is InChI=1S/C37H44N6O5.2ClH/c1-6-34-38-29-11-9-12-30(35(29)40-34)39-36(45)28-15-14-26(23-32(28)47-5)37(46)42(4)31-16-13-25(2)22-33(31)48-21-8-7-10-27(24-44)43-19-17-41(3)18-20-43;;/h9,11-16,22-23H,6-8,10,17-21H2,1-5H3,(H,38,40)(H,39,45);2*1H. The molecule has 0 radical (unpaired) electrons. The summed E-state index contributed by atoms with van der Waals surface area (Å²) in [6, 6.07) is 16.1. The number of aromatic nitrogens is 2. The number of ether oxygens (including phenoxy) is 2. The highest BCUT2D eigenvalue weighted by atomic mass is 35.5. The molecule has 2 amide bonds. The average Bonchev–Trinajstić information content (AvgIpc) is 3.54. The molecule has 2 N–H and O–H groups in total.